The van der Waals surface area contributed by atoms with Crippen molar-refractivity contribution in [1.82, 2.24) is 10.6 Å². The van der Waals surface area contributed by atoms with Crippen LogP contribution in [0, 0.1) is 11.3 Å². The Kier molecular flexibility index (Phi) is 3.24. The molecule has 1 saturated heterocycles. The monoisotopic (exact) mass is 254 g/mol. The van der Waals surface area contributed by atoms with Crippen molar-refractivity contribution in [3.8, 4) is 0 Å². The molecule has 0 radical (unpaired) electrons. The Morgan fingerprint density at radius 2 is 1.94 bits per heavy atom. The van der Waals surface area contributed by atoms with Gasteiger partial charge in [-0.2, -0.15) is 11.8 Å². The van der Waals surface area contributed by atoms with E-state index in [0.29, 0.717) is 12.8 Å². The zero-order chi connectivity index (χ0) is 12.5. The number of urea groups is 1. The van der Waals surface area contributed by atoms with Gasteiger partial charge in [0.2, 0.25) is 11.8 Å². The van der Waals surface area contributed by atoms with Crippen LogP contribution in [-0.4, -0.2) is 29.9 Å². The van der Waals surface area contributed by atoms with Gasteiger partial charge in [0.05, 0.1) is 0 Å². The van der Waals surface area contributed by atoms with E-state index in [1.165, 1.54) is 0 Å². The molecule has 1 spiro atoms. The number of hydrogen-bond donors (Lipinski definition) is 2. The average Bonchev–Trinajstić information content (AvgIpc) is 2.28. The number of hydrogen-bond acceptors (Lipinski definition) is 4. The normalized spacial score (nSPS) is 26.9. The van der Waals surface area contributed by atoms with E-state index in [9.17, 15) is 14.4 Å². The number of thioether (sulfide) groups is 1. The van der Waals surface area contributed by atoms with Gasteiger partial charge in [0.1, 0.15) is 5.41 Å². The lowest BCUT2D eigenvalue weighted by Crippen LogP contribution is -2.65. The number of imide groups is 2. The fourth-order valence-corrected chi connectivity index (χ4v) is 3.25. The number of carbonyl (C=O) groups is 3. The molecule has 2 N–H and O–H groups in total. The molecule has 0 aromatic carbocycles. The predicted octanol–water partition coefficient (Wildman–Crippen LogP) is 0.668. The molecule has 1 aliphatic heterocycles. The lowest BCUT2D eigenvalue weighted by atomic mass is 9.67. The SMILES string of the molecule is CSCC1CC=CCC12C(=O)NC(=O)NC2=O. The van der Waals surface area contributed by atoms with E-state index < -0.39 is 23.3 Å². The van der Waals surface area contributed by atoms with E-state index in [4.69, 9.17) is 0 Å². The number of rotatable bonds is 2. The van der Waals surface area contributed by atoms with Gasteiger partial charge in [-0.25, -0.2) is 4.79 Å². The molecule has 4 amide bonds. The van der Waals surface area contributed by atoms with E-state index in [-0.39, 0.29) is 5.92 Å². The Balaban J connectivity index is 2.36. The van der Waals surface area contributed by atoms with Gasteiger partial charge >= 0.3 is 6.03 Å². The highest BCUT2D eigenvalue weighted by Crippen LogP contribution is 2.41. The highest BCUT2D eigenvalue weighted by Gasteiger charge is 2.54. The molecule has 6 heteroatoms. The lowest BCUT2D eigenvalue weighted by molar-refractivity contribution is -0.148. The van der Waals surface area contributed by atoms with Gasteiger partial charge in [0.15, 0.2) is 0 Å². The summed E-state index contributed by atoms with van der Waals surface area (Å²) in [5, 5.41) is 4.41. The first-order valence-corrected chi connectivity index (χ1v) is 6.81. The topological polar surface area (TPSA) is 75.3 Å². The Bertz CT molecular complexity index is 386. The van der Waals surface area contributed by atoms with Gasteiger partial charge in [-0.3, -0.25) is 20.2 Å². The van der Waals surface area contributed by atoms with Crippen LogP contribution in [0.4, 0.5) is 4.79 Å². The fourth-order valence-electron chi connectivity index (χ4n) is 2.43. The standard InChI is InChI=1S/C11H14N2O3S/c1-17-6-7-4-2-3-5-11(7)8(14)12-10(16)13-9(11)15/h2-3,7H,4-6H2,1H3,(H2,12,13,14,15,16). The second kappa shape index (κ2) is 4.52. The van der Waals surface area contributed by atoms with Crippen LogP contribution in [0.2, 0.25) is 0 Å². The Morgan fingerprint density at radius 1 is 1.29 bits per heavy atom. The molecule has 2 aliphatic rings. The minimum absolute atomic E-state index is 0.0596. The maximum Gasteiger partial charge on any atom is 0.328 e. The van der Waals surface area contributed by atoms with Gasteiger partial charge in [-0.15, -0.1) is 0 Å². The minimum Gasteiger partial charge on any atom is -0.277 e. The van der Waals surface area contributed by atoms with Crippen LogP contribution in [0.25, 0.3) is 0 Å². The molecule has 92 valence electrons. The lowest BCUT2D eigenvalue weighted by Gasteiger charge is -2.40. The third kappa shape index (κ3) is 1.86. The smallest absolute Gasteiger partial charge is 0.277 e. The summed E-state index contributed by atoms with van der Waals surface area (Å²) < 4.78 is 0. The summed E-state index contributed by atoms with van der Waals surface area (Å²) in [5.41, 5.74) is -1.11. The van der Waals surface area contributed by atoms with Crippen LogP contribution >= 0.6 is 11.8 Å². The largest absolute Gasteiger partial charge is 0.328 e. The maximum atomic E-state index is 12.0. The van der Waals surface area contributed by atoms with Crippen LogP contribution in [0.3, 0.4) is 0 Å². The molecular formula is C11H14N2O3S. The minimum atomic E-state index is -1.11. The number of amides is 4. The molecule has 0 bridgehead atoms. The van der Waals surface area contributed by atoms with Gasteiger partial charge in [-0.1, -0.05) is 12.2 Å². The van der Waals surface area contributed by atoms with E-state index >= 15 is 0 Å². The summed E-state index contributed by atoms with van der Waals surface area (Å²) in [6.45, 7) is 0. The fraction of sp³-hybridized carbons (Fsp3) is 0.545. The van der Waals surface area contributed by atoms with Crippen molar-refractivity contribution in [1.29, 1.82) is 0 Å². The van der Waals surface area contributed by atoms with Crippen LogP contribution in [-0.2, 0) is 9.59 Å². The van der Waals surface area contributed by atoms with Crippen molar-refractivity contribution in [3.05, 3.63) is 12.2 Å². The Labute approximate surface area is 103 Å². The molecule has 1 heterocycles. The maximum absolute atomic E-state index is 12.0. The first-order valence-electron chi connectivity index (χ1n) is 5.42. The van der Waals surface area contributed by atoms with Crippen LogP contribution in [0.5, 0.6) is 0 Å². The second-order valence-electron chi connectivity index (χ2n) is 4.27. The zero-order valence-electron chi connectivity index (χ0n) is 9.49. The van der Waals surface area contributed by atoms with Crippen molar-refractivity contribution in [2.75, 3.05) is 12.0 Å². The first kappa shape index (κ1) is 12.2. The van der Waals surface area contributed by atoms with Crippen LogP contribution in [0.15, 0.2) is 12.2 Å². The summed E-state index contributed by atoms with van der Waals surface area (Å²) in [4.78, 5) is 35.2. The van der Waals surface area contributed by atoms with Gasteiger partial charge < -0.3 is 0 Å². The highest BCUT2D eigenvalue weighted by molar-refractivity contribution is 7.98. The molecule has 1 aliphatic carbocycles. The summed E-state index contributed by atoms with van der Waals surface area (Å²) in [7, 11) is 0. The molecule has 2 rings (SSSR count). The third-order valence-corrected chi connectivity index (χ3v) is 4.09. The highest BCUT2D eigenvalue weighted by atomic mass is 32.2. The molecule has 1 unspecified atom stereocenters. The van der Waals surface area contributed by atoms with Gasteiger partial charge in [-0.05, 0) is 30.8 Å². The molecule has 1 fully saturated rings. The summed E-state index contributed by atoms with van der Waals surface area (Å²) >= 11 is 1.60. The van der Waals surface area contributed by atoms with Crippen LogP contribution < -0.4 is 10.6 Å². The molecule has 1 atom stereocenters. The van der Waals surface area contributed by atoms with Crippen molar-refractivity contribution in [3.63, 3.8) is 0 Å². The molecule has 0 aromatic rings. The molecule has 0 saturated carbocycles. The summed E-state index contributed by atoms with van der Waals surface area (Å²) in [6.07, 6.45) is 6.82. The first-order chi connectivity index (χ1) is 8.11. The van der Waals surface area contributed by atoms with E-state index in [0.717, 1.165) is 5.75 Å². The molecular weight excluding hydrogens is 240 g/mol. The number of allylic oxidation sites excluding steroid dienone is 2. The summed E-state index contributed by atoms with van der Waals surface area (Å²) in [6, 6.07) is -0.719. The molecule has 5 nitrogen and oxygen atoms in total. The third-order valence-electron chi connectivity index (χ3n) is 3.36. The summed E-state index contributed by atoms with van der Waals surface area (Å²) in [5.74, 6) is -0.265. The number of nitrogens with one attached hydrogen (secondary N) is 2. The van der Waals surface area contributed by atoms with E-state index in [1.54, 1.807) is 11.8 Å². The van der Waals surface area contributed by atoms with Gasteiger partial charge in [0.25, 0.3) is 0 Å². The van der Waals surface area contributed by atoms with Crippen molar-refractivity contribution >= 4 is 29.6 Å². The molecule has 17 heavy (non-hydrogen) atoms. The van der Waals surface area contributed by atoms with E-state index in [1.807, 2.05) is 18.4 Å². The van der Waals surface area contributed by atoms with E-state index in [2.05, 4.69) is 10.6 Å². The quantitative estimate of drug-likeness (QED) is 0.561. The predicted molar refractivity (Wildman–Crippen MR) is 64.4 cm³/mol. The Hall–Kier alpha value is -1.30. The van der Waals surface area contributed by atoms with Crippen molar-refractivity contribution < 1.29 is 14.4 Å². The van der Waals surface area contributed by atoms with Crippen LogP contribution in [0.1, 0.15) is 12.8 Å². The zero-order valence-corrected chi connectivity index (χ0v) is 10.3. The molecule has 0 aromatic heterocycles. The Morgan fingerprint density at radius 3 is 2.53 bits per heavy atom. The second-order valence-corrected chi connectivity index (χ2v) is 5.18. The average molecular weight is 254 g/mol. The number of carbonyl (C=O) groups excluding carboxylic acids is 3. The number of barbiturate groups is 1. The van der Waals surface area contributed by atoms with Gasteiger partial charge in [0, 0.05) is 0 Å². The van der Waals surface area contributed by atoms with Crippen molar-refractivity contribution in [2.24, 2.45) is 11.3 Å². The van der Waals surface area contributed by atoms with Crippen molar-refractivity contribution in [2.45, 2.75) is 12.8 Å².